The number of aliphatic hydroxyl groups excluding tert-OH is 1. The third-order valence-electron chi connectivity index (χ3n) is 4.75. The predicted molar refractivity (Wildman–Crippen MR) is 95.1 cm³/mol. The second kappa shape index (κ2) is 9.52. The van der Waals surface area contributed by atoms with E-state index in [0.29, 0.717) is 6.10 Å². The number of hydrogen-bond acceptors (Lipinski definition) is 2. The molecule has 128 valence electrons. The number of allylic oxidation sites excluding steroid dienone is 2. The van der Waals surface area contributed by atoms with Gasteiger partial charge in [0.2, 0.25) is 0 Å². The number of rotatable bonds is 12. The Morgan fingerprint density at radius 3 is 2.68 bits per heavy atom. The number of ether oxygens (including phenoxy) is 1. The van der Waals surface area contributed by atoms with Gasteiger partial charge in [-0.1, -0.05) is 44.4 Å². The van der Waals surface area contributed by atoms with Crippen LogP contribution in [0.3, 0.4) is 0 Å². The minimum Gasteiger partial charge on any atom is -0.389 e. The van der Waals surface area contributed by atoms with Gasteiger partial charge >= 0.3 is 0 Å². The van der Waals surface area contributed by atoms with Crippen LogP contribution in [0.5, 0.6) is 0 Å². The monoisotopic (exact) mass is 308 g/mol. The lowest BCUT2D eigenvalue weighted by Crippen LogP contribution is -2.14. The fraction of sp³-hybridized carbons (Fsp3) is 0.800. The molecule has 1 fully saturated rings. The summed E-state index contributed by atoms with van der Waals surface area (Å²) in [5, 5.41) is 10.2. The molecule has 0 amide bonds. The summed E-state index contributed by atoms with van der Waals surface area (Å²) in [6.07, 6.45) is 12.0. The van der Waals surface area contributed by atoms with Crippen molar-refractivity contribution < 1.29 is 9.84 Å². The molecule has 0 bridgehead atoms. The molecule has 1 aliphatic rings. The molecule has 3 atom stereocenters. The fourth-order valence-corrected chi connectivity index (χ4v) is 2.98. The van der Waals surface area contributed by atoms with E-state index in [0.717, 1.165) is 44.1 Å². The van der Waals surface area contributed by atoms with Crippen LogP contribution in [0.1, 0.15) is 85.5 Å². The summed E-state index contributed by atoms with van der Waals surface area (Å²) < 4.78 is 5.86. The van der Waals surface area contributed by atoms with Gasteiger partial charge in [-0.05, 0) is 64.9 Å². The van der Waals surface area contributed by atoms with Crippen LogP contribution in [0.4, 0.5) is 0 Å². The molecule has 0 radical (unpaired) electrons. The van der Waals surface area contributed by atoms with Crippen molar-refractivity contribution in [2.24, 2.45) is 0 Å². The Labute approximate surface area is 137 Å². The number of hydrogen-bond donors (Lipinski definition) is 1. The van der Waals surface area contributed by atoms with Gasteiger partial charge in [-0.25, -0.2) is 0 Å². The van der Waals surface area contributed by atoms with Gasteiger partial charge < -0.3 is 9.84 Å². The molecule has 0 aromatic rings. The topological polar surface area (TPSA) is 32.8 Å². The quantitative estimate of drug-likeness (QED) is 0.291. The zero-order valence-electron chi connectivity index (χ0n) is 15.2. The van der Waals surface area contributed by atoms with Gasteiger partial charge in [-0.3, -0.25) is 0 Å². The number of aliphatic hydroxyl groups is 1. The molecule has 1 aliphatic heterocycles. The first kappa shape index (κ1) is 19.4. The Kier molecular flexibility index (Phi) is 8.41. The molecule has 1 heterocycles. The van der Waals surface area contributed by atoms with Crippen LogP contribution in [-0.4, -0.2) is 22.9 Å². The van der Waals surface area contributed by atoms with Crippen molar-refractivity contribution in [3.63, 3.8) is 0 Å². The highest BCUT2D eigenvalue weighted by atomic mass is 16.6. The zero-order valence-corrected chi connectivity index (χ0v) is 15.2. The van der Waals surface area contributed by atoms with Gasteiger partial charge in [-0.15, -0.1) is 0 Å². The summed E-state index contributed by atoms with van der Waals surface area (Å²) in [4.78, 5) is 0. The zero-order chi connectivity index (χ0) is 16.6. The predicted octanol–water partition coefficient (Wildman–Crippen LogP) is 5.56. The first-order valence-corrected chi connectivity index (χ1v) is 9.06. The maximum Gasteiger partial charge on any atom is 0.0923 e. The molecule has 1 saturated heterocycles. The molecule has 0 aromatic carbocycles. The minimum absolute atomic E-state index is 0.0358. The maximum atomic E-state index is 10.2. The van der Waals surface area contributed by atoms with Gasteiger partial charge in [0, 0.05) is 0 Å². The van der Waals surface area contributed by atoms with Crippen LogP contribution in [0, 0.1) is 0 Å². The van der Waals surface area contributed by atoms with Gasteiger partial charge in [-0.2, -0.15) is 0 Å². The van der Waals surface area contributed by atoms with Crippen LogP contribution in [0.25, 0.3) is 0 Å². The molecule has 2 nitrogen and oxygen atoms in total. The van der Waals surface area contributed by atoms with Gasteiger partial charge in [0.1, 0.15) is 0 Å². The Hall–Kier alpha value is -0.600. The summed E-state index contributed by atoms with van der Waals surface area (Å²) in [5.74, 6) is 0. The van der Waals surface area contributed by atoms with E-state index >= 15 is 0 Å². The molecule has 22 heavy (non-hydrogen) atoms. The molecule has 0 aromatic heterocycles. The van der Waals surface area contributed by atoms with Crippen molar-refractivity contribution in [3.8, 4) is 0 Å². The Morgan fingerprint density at radius 2 is 2.05 bits per heavy atom. The lowest BCUT2D eigenvalue weighted by atomic mass is 9.94. The van der Waals surface area contributed by atoms with E-state index < -0.39 is 0 Å². The molecule has 1 N–H and O–H groups in total. The van der Waals surface area contributed by atoms with Crippen LogP contribution < -0.4 is 0 Å². The Bertz CT molecular complexity index is 368. The molecule has 2 heteroatoms. The van der Waals surface area contributed by atoms with Gasteiger partial charge in [0.15, 0.2) is 0 Å². The molecule has 1 rings (SSSR count). The fourth-order valence-electron chi connectivity index (χ4n) is 2.98. The average molecular weight is 309 g/mol. The summed E-state index contributed by atoms with van der Waals surface area (Å²) in [6.45, 7) is 12.7. The SMILES string of the molecule is C=C(CCCCCC)[C@H](O)CC[C@H]1O[C@]1(C)CCC=C(C)C. The van der Waals surface area contributed by atoms with E-state index in [1.807, 2.05) is 0 Å². The normalized spacial score (nSPS) is 24.9. The standard InChI is InChI=1S/C20H36O2/c1-6-7-8-9-12-17(4)18(21)13-14-19-20(5,22-19)15-10-11-16(2)3/h11,18-19,21H,4,6-10,12-15H2,1-3,5H3/t18-,19-,20-/m1/s1. The van der Waals surface area contributed by atoms with E-state index in [4.69, 9.17) is 4.74 Å². The second-order valence-corrected chi connectivity index (χ2v) is 7.30. The first-order chi connectivity index (χ1) is 10.4. The van der Waals surface area contributed by atoms with Crippen molar-refractivity contribution in [2.45, 2.75) is 103 Å². The van der Waals surface area contributed by atoms with Crippen LogP contribution in [0.2, 0.25) is 0 Å². The van der Waals surface area contributed by atoms with E-state index in [1.54, 1.807) is 0 Å². The average Bonchev–Trinajstić information content (AvgIpc) is 3.10. The lowest BCUT2D eigenvalue weighted by molar-refractivity contribution is 0.187. The highest BCUT2D eigenvalue weighted by Crippen LogP contribution is 2.43. The van der Waals surface area contributed by atoms with Crippen LogP contribution in [-0.2, 0) is 4.74 Å². The van der Waals surface area contributed by atoms with Crippen molar-refractivity contribution in [1.29, 1.82) is 0 Å². The first-order valence-electron chi connectivity index (χ1n) is 9.06. The molecule has 0 unspecified atom stereocenters. The van der Waals surface area contributed by atoms with E-state index in [9.17, 15) is 5.11 Å². The molecule has 0 saturated carbocycles. The third kappa shape index (κ3) is 7.11. The lowest BCUT2D eigenvalue weighted by Gasteiger charge is -2.13. The van der Waals surface area contributed by atoms with E-state index in [1.165, 1.54) is 24.8 Å². The van der Waals surface area contributed by atoms with E-state index in [2.05, 4.69) is 40.3 Å². The smallest absolute Gasteiger partial charge is 0.0923 e. The number of epoxide rings is 1. The summed E-state index contributed by atoms with van der Waals surface area (Å²) >= 11 is 0. The highest BCUT2D eigenvalue weighted by Gasteiger charge is 2.50. The highest BCUT2D eigenvalue weighted by molar-refractivity contribution is 5.05. The van der Waals surface area contributed by atoms with Crippen LogP contribution in [0.15, 0.2) is 23.8 Å². The number of unbranched alkanes of at least 4 members (excludes halogenated alkanes) is 3. The Balaban J connectivity index is 2.16. The second-order valence-electron chi connectivity index (χ2n) is 7.30. The summed E-state index contributed by atoms with van der Waals surface area (Å²) in [7, 11) is 0. The van der Waals surface area contributed by atoms with Crippen molar-refractivity contribution in [2.75, 3.05) is 0 Å². The maximum absolute atomic E-state index is 10.2. The molecule has 0 aliphatic carbocycles. The van der Waals surface area contributed by atoms with Gasteiger partial charge in [0.05, 0.1) is 17.8 Å². The largest absolute Gasteiger partial charge is 0.389 e. The summed E-state index contributed by atoms with van der Waals surface area (Å²) in [5.41, 5.74) is 2.41. The van der Waals surface area contributed by atoms with Crippen molar-refractivity contribution in [1.82, 2.24) is 0 Å². The molecular formula is C20H36O2. The van der Waals surface area contributed by atoms with Crippen LogP contribution >= 0.6 is 0 Å². The van der Waals surface area contributed by atoms with Crippen molar-refractivity contribution >= 4 is 0 Å². The van der Waals surface area contributed by atoms with Gasteiger partial charge in [0.25, 0.3) is 0 Å². The molecule has 0 spiro atoms. The molecular weight excluding hydrogens is 272 g/mol. The minimum atomic E-state index is -0.354. The summed E-state index contributed by atoms with van der Waals surface area (Å²) in [6, 6.07) is 0. The Morgan fingerprint density at radius 1 is 1.32 bits per heavy atom. The van der Waals surface area contributed by atoms with E-state index in [-0.39, 0.29) is 11.7 Å². The van der Waals surface area contributed by atoms with Crippen molar-refractivity contribution in [3.05, 3.63) is 23.8 Å². The third-order valence-corrected chi connectivity index (χ3v) is 4.75.